The van der Waals surface area contributed by atoms with E-state index in [-0.39, 0.29) is 0 Å². The lowest BCUT2D eigenvalue weighted by molar-refractivity contribution is -0.0411. The van der Waals surface area contributed by atoms with Gasteiger partial charge in [-0.3, -0.25) is 0 Å². The van der Waals surface area contributed by atoms with Crippen molar-refractivity contribution in [2.75, 3.05) is 6.61 Å². The predicted molar refractivity (Wildman–Crippen MR) is 25.9 cm³/mol. The molecule has 0 aromatic carbocycles. The van der Waals surface area contributed by atoms with Crippen LogP contribution in [0.2, 0.25) is 0 Å². The smallest absolute Gasteiger partial charge is 0.192 e. The van der Waals surface area contributed by atoms with Gasteiger partial charge in [0, 0.05) is 0 Å². The number of halogens is 1. The van der Waals surface area contributed by atoms with Crippen LogP contribution in [0.5, 0.6) is 0 Å². The molecule has 1 atom stereocenters. The summed E-state index contributed by atoms with van der Waals surface area (Å²) in [4.78, 5) is 0. The van der Waals surface area contributed by atoms with E-state index in [1.54, 1.807) is 6.08 Å². The van der Waals surface area contributed by atoms with Gasteiger partial charge in [-0.2, -0.15) is 0 Å². The Kier molecular flexibility index (Phi) is 1.32. The van der Waals surface area contributed by atoms with Crippen molar-refractivity contribution in [3.63, 3.8) is 0 Å². The molecule has 1 aliphatic rings. The molecule has 0 fully saturated rings. The first-order chi connectivity index (χ1) is 3.30. The zero-order valence-electron chi connectivity index (χ0n) is 3.60. The average Bonchev–Trinajstić information content (AvgIpc) is 1.91. The monoisotopic (exact) mass is 120 g/mol. The lowest BCUT2D eigenvalue weighted by atomic mass is 10.5. The number of rotatable bonds is 0. The molecule has 1 N–H and O–H groups in total. The van der Waals surface area contributed by atoms with Gasteiger partial charge in [-0.25, -0.2) is 0 Å². The zero-order chi connectivity index (χ0) is 5.28. The molecule has 1 rings (SSSR count). The van der Waals surface area contributed by atoms with Crippen LogP contribution < -0.4 is 0 Å². The fraction of sp³-hybridized carbons (Fsp3) is 0.500. The van der Waals surface area contributed by atoms with E-state index >= 15 is 0 Å². The van der Waals surface area contributed by atoms with Crippen LogP contribution in [-0.2, 0) is 4.74 Å². The summed E-state index contributed by atoms with van der Waals surface area (Å²) in [6, 6.07) is 0. The molecule has 7 heavy (non-hydrogen) atoms. The highest BCUT2D eigenvalue weighted by molar-refractivity contribution is 6.30. The first kappa shape index (κ1) is 5.09. The summed E-state index contributed by atoms with van der Waals surface area (Å²) in [6.45, 7) is 0.431. The molecule has 3 heteroatoms. The maximum atomic E-state index is 8.58. The highest BCUT2D eigenvalue weighted by Gasteiger charge is 2.12. The maximum absolute atomic E-state index is 8.58. The Morgan fingerprint density at radius 1 is 2.00 bits per heavy atom. The van der Waals surface area contributed by atoms with Crippen LogP contribution in [0.3, 0.4) is 0 Å². The molecule has 0 saturated carbocycles. The molecule has 0 aromatic heterocycles. The summed E-state index contributed by atoms with van der Waals surface area (Å²) in [6.07, 6.45) is 0.772. The van der Waals surface area contributed by atoms with Gasteiger partial charge in [-0.05, 0) is 6.08 Å². The molecule has 0 aliphatic carbocycles. The summed E-state index contributed by atoms with van der Waals surface area (Å²) in [5.74, 6) is 0. The van der Waals surface area contributed by atoms with Crippen molar-refractivity contribution in [1.82, 2.24) is 0 Å². The number of aliphatic hydroxyl groups is 1. The molecular formula is C4H5ClO2. The minimum Gasteiger partial charge on any atom is -0.364 e. The lowest BCUT2D eigenvalue weighted by Gasteiger charge is -1.97. The summed E-state index contributed by atoms with van der Waals surface area (Å²) in [5, 5.41) is 8.96. The molecule has 2 nitrogen and oxygen atoms in total. The van der Waals surface area contributed by atoms with Gasteiger partial charge in [0.25, 0.3) is 0 Å². The Morgan fingerprint density at radius 2 is 2.71 bits per heavy atom. The second kappa shape index (κ2) is 1.82. The molecule has 0 aromatic rings. The highest BCUT2D eigenvalue weighted by atomic mass is 35.5. The second-order valence-electron chi connectivity index (χ2n) is 1.27. The fourth-order valence-corrected chi connectivity index (χ4v) is 0.525. The van der Waals surface area contributed by atoms with E-state index in [1.807, 2.05) is 0 Å². The predicted octanol–water partition coefficient (Wildman–Crippen LogP) is 0.458. The first-order valence-electron chi connectivity index (χ1n) is 1.96. The van der Waals surface area contributed by atoms with Gasteiger partial charge in [-0.1, -0.05) is 11.6 Å². The maximum Gasteiger partial charge on any atom is 0.192 e. The molecule has 1 heterocycles. The Labute approximate surface area is 46.3 Å². The Bertz CT molecular complexity index is 99.9. The van der Waals surface area contributed by atoms with Crippen molar-refractivity contribution in [3.8, 4) is 0 Å². The normalized spacial score (nSPS) is 30.6. The average molecular weight is 121 g/mol. The van der Waals surface area contributed by atoms with Crippen molar-refractivity contribution < 1.29 is 9.84 Å². The third-order valence-electron chi connectivity index (χ3n) is 0.768. The van der Waals surface area contributed by atoms with E-state index in [2.05, 4.69) is 4.74 Å². The first-order valence-corrected chi connectivity index (χ1v) is 2.34. The summed E-state index contributed by atoms with van der Waals surface area (Å²) in [7, 11) is 0. The van der Waals surface area contributed by atoms with Crippen LogP contribution in [0, 0.1) is 0 Å². The number of ether oxygens (including phenoxy) is 1. The third kappa shape index (κ3) is 0.938. The van der Waals surface area contributed by atoms with E-state index in [0.717, 1.165) is 0 Å². The molecule has 0 bridgehead atoms. The Morgan fingerprint density at radius 3 is 2.86 bits per heavy atom. The lowest BCUT2D eigenvalue weighted by Crippen LogP contribution is -2.03. The number of hydrogen-bond acceptors (Lipinski definition) is 2. The topological polar surface area (TPSA) is 29.5 Å². The van der Waals surface area contributed by atoms with E-state index in [0.29, 0.717) is 11.6 Å². The van der Waals surface area contributed by atoms with Gasteiger partial charge < -0.3 is 9.84 Å². The molecule has 0 saturated heterocycles. The van der Waals surface area contributed by atoms with E-state index in [4.69, 9.17) is 16.7 Å². The number of hydrogen-bond donors (Lipinski definition) is 1. The van der Waals surface area contributed by atoms with Gasteiger partial charge >= 0.3 is 0 Å². The van der Waals surface area contributed by atoms with Gasteiger partial charge in [-0.15, -0.1) is 0 Å². The standard InChI is InChI=1S/C4H5ClO2/c5-3-1-2-7-4(3)6/h1,4,6H,2H2. The van der Waals surface area contributed by atoms with E-state index in [9.17, 15) is 0 Å². The van der Waals surface area contributed by atoms with Gasteiger partial charge in [0.1, 0.15) is 0 Å². The van der Waals surface area contributed by atoms with Crippen molar-refractivity contribution in [3.05, 3.63) is 11.1 Å². The minimum atomic E-state index is -0.860. The quantitative estimate of drug-likeness (QED) is 0.503. The molecule has 1 aliphatic heterocycles. The Hall–Kier alpha value is -0.0500. The second-order valence-corrected chi connectivity index (χ2v) is 1.71. The van der Waals surface area contributed by atoms with Crippen molar-refractivity contribution in [2.24, 2.45) is 0 Å². The molecule has 1 unspecified atom stereocenters. The van der Waals surface area contributed by atoms with Crippen LogP contribution in [0.1, 0.15) is 0 Å². The molecule has 40 valence electrons. The van der Waals surface area contributed by atoms with Crippen LogP contribution >= 0.6 is 11.6 Å². The largest absolute Gasteiger partial charge is 0.364 e. The van der Waals surface area contributed by atoms with E-state index in [1.165, 1.54) is 0 Å². The van der Waals surface area contributed by atoms with Crippen molar-refractivity contribution >= 4 is 11.6 Å². The summed E-state index contributed by atoms with van der Waals surface area (Å²) < 4.78 is 4.60. The molecule has 0 radical (unpaired) electrons. The summed E-state index contributed by atoms with van der Waals surface area (Å²) >= 11 is 5.35. The molecule has 0 spiro atoms. The number of aliphatic hydroxyl groups excluding tert-OH is 1. The third-order valence-corrected chi connectivity index (χ3v) is 1.11. The summed E-state index contributed by atoms with van der Waals surface area (Å²) in [5.41, 5.74) is 0. The minimum absolute atomic E-state index is 0.389. The Balaban J connectivity index is 2.54. The van der Waals surface area contributed by atoms with Crippen LogP contribution in [0.15, 0.2) is 11.1 Å². The molecular weight excluding hydrogens is 115 g/mol. The molecule has 0 amide bonds. The van der Waals surface area contributed by atoms with Crippen molar-refractivity contribution in [1.29, 1.82) is 0 Å². The van der Waals surface area contributed by atoms with Crippen LogP contribution in [-0.4, -0.2) is 18.0 Å². The van der Waals surface area contributed by atoms with Crippen molar-refractivity contribution in [2.45, 2.75) is 6.29 Å². The van der Waals surface area contributed by atoms with Crippen LogP contribution in [0.4, 0.5) is 0 Å². The van der Waals surface area contributed by atoms with Gasteiger partial charge in [0.2, 0.25) is 0 Å². The van der Waals surface area contributed by atoms with E-state index < -0.39 is 6.29 Å². The van der Waals surface area contributed by atoms with Gasteiger partial charge in [0.15, 0.2) is 6.29 Å². The zero-order valence-corrected chi connectivity index (χ0v) is 4.35. The fourth-order valence-electron chi connectivity index (χ4n) is 0.399. The van der Waals surface area contributed by atoms with Crippen LogP contribution in [0.25, 0.3) is 0 Å². The highest BCUT2D eigenvalue weighted by Crippen LogP contribution is 2.14. The SMILES string of the molecule is OC1OCC=C1Cl. The van der Waals surface area contributed by atoms with Gasteiger partial charge in [0.05, 0.1) is 11.6 Å².